The molecular formula is C25H30FN3O. The maximum atomic E-state index is 14.7. The molecule has 2 heterocycles. The minimum atomic E-state index is -0.405. The van der Waals surface area contributed by atoms with Crippen molar-refractivity contribution in [2.24, 2.45) is 11.0 Å². The van der Waals surface area contributed by atoms with Gasteiger partial charge in [-0.2, -0.15) is 5.10 Å². The van der Waals surface area contributed by atoms with Gasteiger partial charge in [-0.25, -0.2) is 9.40 Å². The van der Waals surface area contributed by atoms with Crippen molar-refractivity contribution in [1.29, 1.82) is 0 Å². The van der Waals surface area contributed by atoms with Gasteiger partial charge in [-0.1, -0.05) is 42.8 Å². The number of piperidine rings is 1. The third kappa shape index (κ3) is 4.31. The summed E-state index contributed by atoms with van der Waals surface area (Å²) >= 11 is 0. The van der Waals surface area contributed by atoms with Crippen molar-refractivity contribution < 1.29 is 9.18 Å². The maximum Gasteiger partial charge on any atom is 0.257 e. The van der Waals surface area contributed by atoms with Crippen LogP contribution in [0.15, 0.2) is 47.6 Å². The van der Waals surface area contributed by atoms with Crippen molar-refractivity contribution in [3.05, 3.63) is 70.5 Å². The third-order valence-corrected chi connectivity index (χ3v) is 6.37. The van der Waals surface area contributed by atoms with E-state index in [9.17, 15) is 9.18 Å². The standard InChI is InChI=1S/C25H30FN3O/c1-17-10-12-28(13-11-17)16-25(30)29-24(20-6-4-5-7-22(20)26)15-23(27-29)21-14-18(2)8-9-19(21)3/h4-9,14,17,24H,10-13,15-16H2,1-3H3. The highest BCUT2D eigenvalue weighted by Gasteiger charge is 2.35. The minimum absolute atomic E-state index is 0.0573. The Morgan fingerprint density at radius 2 is 1.87 bits per heavy atom. The molecule has 0 aliphatic carbocycles. The van der Waals surface area contributed by atoms with Crippen LogP contribution in [0.3, 0.4) is 0 Å². The number of hydrogen-bond donors (Lipinski definition) is 0. The number of benzene rings is 2. The van der Waals surface area contributed by atoms with Crippen LogP contribution in [-0.4, -0.2) is 41.2 Å². The van der Waals surface area contributed by atoms with Gasteiger partial charge in [0.05, 0.1) is 18.3 Å². The Balaban J connectivity index is 1.63. The molecule has 1 unspecified atom stereocenters. The highest BCUT2D eigenvalue weighted by molar-refractivity contribution is 6.04. The van der Waals surface area contributed by atoms with Gasteiger partial charge in [-0.3, -0.25) is 9.69 Å². The second-order valence-electron chi connectivity index (χ2n) is 8.80. The fraction of sp³-hybridized carbons (Fsp3) is 0.440. The van der Waals surface area contributed by atoms with Gasteiger partial charge in [0.2, 0.25) is 0 Å². The molecule has 30 heavy (non-hydrogen) atoms. The van der Waals surface area contributed by atoms with Crippen molar-refractivity contribution in [1.82, 2.24) is 9.91 Å². The molecule has 1 amide bonds. The molecule has 1 atom stereocenters. The Bertz CT molecular complexity index is 963. The monoisotopic (exact) mass is 407 g/mol. The molecule has 2 aromatic rings. The van der Waals surface area contributed by atoms with Gasteiger partial charge in [0.15, 0.2) is 0 Å². The van der Waals surface area contributed by atoms with Crippen LogP contribution >= 0.6 is 0 Å². The van der Waals surface area contributed by atoms with Gasteiger partial charge >= 0.3 is 0 Å². The van der Waals surface area contributed by atoms with E-state index in [0.717, 1.165) is 48.3 Å². The molecule has 0 bridgehead atoms. The highest BCUT2D eigenvalue weighted by Crippen LogP contribution is 2.35. The van der Waals surface area contributed by atoms with Crippen molar-refractivity contribution in [3.8, 4) is 0 Å². The maximum absolute atomic E-state index is 14.7. The lowest BCUT2D eigenvalue weighted by Gasteiger charge is -2.31. The van der Waals surface area contributed by atoms with Crippen LogP contribution in [0.1, 0.15) is 54.5 Å². The average Bonchev–Trinajstić information content (AvgIpc) is 3.17. The number of likely N-dealkylation sites (tertiary alicyclic amines) is 1. The van der Waals surface area contributed by atoms with Crippen molar-refractivity contribution in [3.63, 3.8) is 0 Å². The molecular weight excluding hydrogens is 377 g/mol. The summed E-state index contributed by atoms with van der Waals surface area (Å²) in [5.41, 5.74) is 4.68. The molecule has 0 spiro atoms. The summed E-state index contributed by atoms with van der Waals surface area (Å²) < 4.78 is 14.7. The average molecular weight is 408 g/mol. The fourth-order valence-electron chi connectivity index (χ4n) is 4.42. The van der Waals surface area contributed by atoms with E-state index in [1.165, 1.54) is 11.1 Å². The first-order valence-corrected chi connectivity index (χ1v) is 10.9. The Morgan fingerprint density at radius 3 is 2.60 bits per heavy atom. The number of aryl methyl sites for hydroxylation is 2. The summed E-state index contributed by atoms with van der Waals surface area (Å²) in [5.74, 6) is 0.367. The van der Waals surface area contributed by atoms with E-state index in [-0.39, 0.29) is 11.7 Å². The zero-order valence-corrected chi connectivity index (χ0v) is 18.1. The number of nitrogens with zero attached hydrogens (tertiary/aromatic N) is 3. The van der Waals surface area contributed by atoms with E-state index in [0.29, 0.717) is 24.4 Å². The zero-order valence-electron chi connectivity index (χ0n) is 18.1. The molecule has 5 heteroatoms. The summed E-state index contributed by atoms with van der Waals surface area (Å²) in [7, 11) is 0. The number of halogens is 1. The molecule has 4 rings (SSSR count). The van der Waals surface area contributed by atoms with E-state index in [1.807, 2.05) is 13.0 Å². The Kier molecular flexibility index (Phi) is 6.00. The van der Waals surface area contributed by atoms with Crippen LogP contribution in [0, 0.1) is 25.6 Å². The molecule has 0 radical (unpaired) electrons. The fourth-order valence-corrected chi connectivity index (χ4v) is 4.42. The molecule has 0 saturated carbocycles. The van der Waals surface area contributed by atoms with Gasteiger partial charge in [0, 0.05) is 17.5 Å². The van der Waals surface area contributed by atoms with Crippen molar-refractivity contribution in [2.75, 3.05) is 19.6 Å². The highest BCUT2D eigenvalue weighted by atomic mass is 19.1. The summed E-state index contributed by atoms with van der Waals surface area (Å²) in [6.45, 7) is 8.55. The summed E-state index contributed by atoms with van der Waals surface area (Å²) in [4.78, 5) is 15.5. The van der Waals surface area contributed by atoms with E-state index < -0.39 is 6.04 Å². The topological polar surface area (TPSA) is 35.9 Å². The molecule has 1 saturated heterocycles. The lowest BCUT2D eigenvalue weighted by atomic mass is 9.95. The lowest BCUT2D eigenvalue weighted by molar-refractivity contribution is -0.134. The molecule has 4 nitrogen and oxygen atoms in total. The second-order valence-corrected chi connectivity index (χ2v) is 8.80. The lowest BCUT2D eigenvalue weighted by Crippen LogP contribution is -2.41. The van der Waals surface area contributed by atoms with Crippen LogP contribution in [-0.2, 0) is 4.79 Å². The summed E-state index contributed by atoms with van der Waals surface area (Å²) in [5, 5.41) is 6.28. The molecule has 0 aromatic heterocycles. The van der Waals surface area contributed by atoms with E-state index in [2.05, 4.69) is 36.9 Å². The second kappa shape index (κ2) is 8.68. The van der Waals surface area contributed by atoms with Crippen molar-refractivity contribution >= 4 is 11.6 Å². The van der Waals surface area contributed by atoms with Crippen LogP contribution in [0.4, 0.5) is 4.39 Å². The van der Waals surface area contributed by atoms with Crippen LogP contribution in [0.25, 0.3) is 0 Å². The normalized spacial score (nSPS) is 20.5. The smallest absolute Gasteiger partial charge is 0.257 e. The summed E-state index contributed by atoms with van der Waals surface area (Å²) in [6.07, 6.45) is 2.75. The van der Waals surface area contributed by atoms with Gasteiger partial charge in [-0.15, -0.1) is 0 Å². The van der Waals surface area contributed by atoms with Crippen LogP contribution in [0.5, 0.6) is 0 Å². The number of amides is 1. The molecule has 1 fully saturated rings. The number of carbonyl (C=O) groups is 1. The Hall–Kier alpha value is -2.53. The molecule has 158 valence electrons. The van der Waals surface area contributed by atoms with Crippen LogP contribution in [0.2, 0.25) is 0 Å². The predicted octanol–water partition coefficient (Wildman–Crippen LogP) is 4.85. The predicted molar refractivity (Wildman–Crippen MR) is 118 cm³/mol. The third-order valence-electron chi connectivity index (χ3n) is 6.37. The number of hydrogen-bond acceptors (Lipinski definition) is 3. The Morgan fingerprint density at radius 1 is 1.13 bits per heavy atom. The Labute approximate surface area is 178 Å². The van der Waals surface area contributed by atoms with E-state index in [4.69, 9.17) is 5.10 Å². The minimum Gasteiger partial charge on any atom is -0.294 e. The van der Waals surface area contributed by atoms with Crippen molar-refractivity contribution in [2.45, 2.75) is 46.1 Å². The molecule has 2 aliphatic rings. The number of hydrazone groups is 1. The largest absolute Gasteiger partial charge is 0.294 e. The van der Waals surface area contributed by atoms with Gasteiger partial charge in [-0.05, 0) is 63.4 Å². The van der Waals surface area contributed by atoms with Gasteiger partial charge in [0.1, 0.15) is 5.82 Å². The zero-order chi connectivity index (χ0) is 21.3. The first-order valence-electron chi connectivity index (χ1n) is 10.9. The number of rotatable bonds is 4. The summed E-state index contributed by atoms with van der Waals surface area (Å²) in [6, 6.07) is 12.6. The molecule has 2 aromatic carbocycles. The van der Waals surface area contributed by atoms with E-state index in [1.54, 1.807) is 12.1 Å². The van der Waals surface area contributed by atoms with Gasteiger partial charge in [0.25, 0.3) is 5.91 Å². The number of carbonyl (C=O) groups excluding carboxylic acids is 1. The van der Waals surface area contributed by atoms with Crippen LogP contribution < -0.4 is 0 Å². The van der Waals surface area contributed by atoms with Gasteiger partial charge < -0.3 is 0 Å². The first-order chi connectivity index (χ1) is 14.4. The molecule has 2 aliphatic heterocycles. The van der Waals surface area contributed by atoms with E-state index >= 15 is 0 Å². The quantitative estimate of drug-likeness (QED) is 0.726. The SMILES string of the molecule is Cc1ccc(C)c(C2=NN(C(=O)CN3CCC(C)CC3)C(c3ccccc3F)C2)c1. The molecule has 0 N–H and O–H groups in total. The first kappa shape index (κ1) is 20.7.